The van der Waals surface area contributed by atoms with Gasteiger partial charge in [0, 0.05) is 18.2 Å². The number of hydrogen-bond acceptors (Lipinski definition) is 2. The third kappa shape index (κ3) is 11.4. The first kappa shape index (κ1) is 23.0. The van der Waals surface area contributed by atoms with E-state index in [1.54, 1.807) is 6.07 Å². The maximum Gasteiger partial charge on any atom is 0.130 e. The first-order valence-corrected chi connectivity index (χ1v) is 8.44. The molecule has 1 rings (SSSR count). The largest absolute Gasteiger partial charge is 0.494 e. The van der Waals surface area contributed by atoms with Crippen molar-refractivity contribution in [1.29, 1.82) is 0 Å². The first-order valence-electron chi connectivity index (χ1n) is 8.44. The molecule has 0 aliphatic rings. The van der Waals surface area contributed by atoms with Gasteiger partial charge in [0.1, 0.15) is 17.3 Å². The van der Waals surface area contributed by atoms with Crippen LogP contribution in [-0.4, -0.2) is 13.2 Å². The summed E-state index contributed by atoms with van der Waals surface area (Å²) >= 11 is 0. The maximum atomic E-state index is 13.3. The Balaban J connectivity index is 0. The van der Waals surface area contributed by atoms with E-state index in [2.05, 4.69) is 34.6 Å². The quantitative estimate of drug-likeness (QED) is 0.598. The summed E-state index contributed by atoms with van der Waals surface area (Å²) in [5.41, 5.74) is 0.0953. The minimum absolute atomic E-state index is 0.0953. The Bertz CT molecular complexity index is 376. The van der Waals surface area contributed by atoms with E-state index in [1.165, 1.54) is 18.6 Å². The van der Waals surface area contributed by atoms with E-state index in [-0.39, 0.29) is 11.2 Å². The van der Waals surface area contributed by atoms with E-state index in [0.717, 1.165) is 6.42 Å². The number of rotatable bonds is 6. The highest BCUT2D eigenvalue weighted by atomic mass is 19.1. The maximum absolute atomic E-state index is 13.3. The van der Waals surface area contributed by atoms with Crippen LogP contribution in [0.15, 0.2) is 18.2 Å². The molecule has 3 heteroatoms. The summed E-state index contributed by atoms with van der Waals surface area (Å²) in [7, 11) is 0. The number of hydrogen-bond donors (Lipinski definition) is 0. The monoisotopic (exact) mass is 314 g/mol. The van der Waals surface area contributed by atoms with Crippen LogP contribution in [-0.2, 0) is 0 Å². The molecule has 2 nitrogen and oxygen atoms in total. The van der Waals surface area contributed by atoms with Crippen LogP contribution in [0.1, 0.15) is 68.2 Å². The van der Waals surface area contributed by atoms with Gasteiger partial charge in [-0.1, -0.05) is 54.9 Å². The van der Waals surface area contributed by atoms with Crippen molar-refractivity contribution in [3.8, 4) is 11.5 Å². The molecule has 130 valence electrons. The van der Waals surface area contributed by atoms with Gasteiger partial charge >= 0.3 is 0 Å². The van der Waals surface area contributed by atoms with Crippen molar-refractivity contribution in [2.75, 3.05) is 13.2 Å². The van der Waals surface area contributed by atoms with Crippen LogP contribution in [0, 0.1) is 11.2 Å². The summed E-state index contributed by atoms with van der Waals surface area (Å²) in [4.78, 5) is 0. The van der Waals surface area contributed by atoms with Gasteiger partial charge in [-0.3, -0.25) is 0 Å². The van der Waals surface area contributed by atoms with E-state index >= 15 is 0 Å². The van der Waals surface area contributed by atoms with E-state index in [4.69, 9.17) is 9.47 Å². The SMILES string of the molecule is CC.CCC.CCOc1cc(F)cc(OCC(C)(C)CC)c1. The average molecular weight is 314 g/mol. The Morgan fingerprint density at radius 3 is 1.77 bits per heavy atom. The first-order chi connectivity index (χ1) is 10.4. The van der Waals surface area contributed by atoms with Crippen molar-refractivity contribution in [3.63, 3.8) is 0 Å². The molecule has 0 bridgehead atoms. The molecule has 22 heavy (non-hydrogen) atoms. The molecule has 0 N–H and O–H groups in total. The third-order valence-electron chi connectivity index (χ3n) is 2.74. The van der Waals surface area contributed by atoms with Crippen LogP contribution in [0.3, 0.4) is 0 Å². The fraction of sp³-hybridized carbons (Fsp3) is 0.684. The summed E-state index contributed by atoms with van der Waals surface area (Å²) < 4.78 is 24.2. The molecule has 0 aliphatic carbocycles. The second kappa shape index (κ2) is 13.4. The Labute approximate surface area is 137 Å². The molecule has 1 aromatic rings. The zero-order chi connectivity index (χ0) is 17.6. The Morgan fingerprint density at radius 1 is 0.909 bits per heavy atom. The average Bonchev–Trinajstić information content (AvgIpc) is 2.48. The van der Waals surface area contributed by atoms with Crippen molar-refractivity contribution in [1.82, 2.24) is 0 Å². The topological polar surface area (TPSA) is 18.5 Å². The molecule has 0 amide bonds. The molecule has 0 saturated carbocycles. The van der Waals surface area contributed by atoms with E-state index < -0.39 is 0 Å². The molecule has 0 unspecified atom stereocenters. The lowest BCUT2D eigenvalue weighted by molar-refractivity contribution is 0.174. The Morgan fingerprint density at radius 2 is 1.36 bits per heavy atom. The lowest BCUT2D eigenvalue weighted by Crippen LogP contribution is -2.20. The van der Waals surface area contributed by atoms with E-state index in [0.29, 0.717) is 24.7 Å². The summed E-state index contributed by atoms with van der Waals surface area (Å²) in [5, 5.41) is 0. The van der Waals surface area contributed by atoms with Crippen molar-refractivity contribution in [2.24, 2.45) is 5.41 Å². The molecule has 0 atom stereocenters. The molecule has 1 aromatic carbocycles. The van der Waals surface area contributed by atoms with Crippen molar-refractivity contribution in [2.45, 2.75) is 68.2 Å². The molecule has 0 saturated heterocycles. The number of halogens is 1. The molecule has 0 radical (unpaired) electrons. The summed E-state index contributed by atoms with van der Waals surface area (Å²) in [6.45, 7) is 17.6. The van der Waals surface area contributed by atoms with Crippen LogP contribution in [0.4, 0.5) is 4.39 Å². The minimum atomic E-state index is -0.333. The zero-order valence-electron chi connectivity index (χ0n) is 15.8. The van der Waals surface area contributed by atoms with Gasteiger partial charge in [0.25, 0.3) is 0 Å². The fourth-order valence-corrected chi connectivity index (χ4v) is 1.25. The summed E-state index contributed by atoms with van der Waals surface area (Å²) in [5.74, 6) is 0.701. The van der Waals surface area contributed by atoms with Gasteiger partial charge in [-0.05, 0) is 18.8 Å². The number of ether oxygens (including phenoxy) is 2. The summed E-state index contributed by atoms with van der Waals surface area (Å²) in [6, 6.07) is 4.47. The minimum Gasteiger partial charge on any atom is -0.494 e. The lowest BCUT2D eigenvalue weighted by atomic mass is 9.92. The van der Waals surface area contributed by atoms with Crippen LogP contribution in [0.2, 0.25) is 0 Å². The van der Waals surface area contributed by atoms with Crippen molar-refractivity contribution < 1.29 is 13.9 Å². The normalized spacial score (nSPS) is 9.86. The third-order valence-corrected chi connectivity index (χ3v) is 2.74. The highest BCUT2D eigenvalue weighted by Crippen LogP contribution is 2.25. The van der Waals surface area contributed by atoms with E-state index in [1.807, 2.05) is 20.8 Å². The van der Waals surface area contributed by atoms with Crippen LogP contribution in [0.5, 0.6) is 11.5 Å². The molecular weight excluding hydrogens is 279 g/mol. The molecule has 0 heterocycles. The second-order valence-corrected chi connectivity index (χ2v) is 5.57. The highest BCUT2D eigenvalue weighted by Gasteiger charge is 2.16. The highest BCUT2D eigenvalue weighted by molar-refractivity contribution is 5.34. The molecule has 0 fully saturated rings. The molecule has 0 spiro atoms. The smallest absolute Gasteiger partial charge is 0.130 e. The van der Waals surface area contributed by atoms with Gasteiger partial charge in [0.2, 0.25) is 0 Å². The van der Waals surface area contributed by atoms with Crippen LogP contribution >= 0.6 is 0 Å². The van der Waals surface area contributed by atoms with Gasteiger partial charge in [-0.2, -0.15) is 0 Å². The van der Waals surface area contributed by atoms with Crippen molar-refractivity contribution >= 4 is 0 Å². The predicted molar refractivity (Wildman–Crippen MR) is 94.4 cm³/mol. The summed E-state index contributed by atoms with van der Waals surface area (Å²) in [6.07, 6.45) is 2.26. The number of benzene rings is 1. The lowest BCUT2D eigenvalue weighted by Gasteiger charge is -2.22. The molecule has 0 aromatic heterocycles. The van der Waals surface area contributed by atoms with Gasteiger partial charge < -0.3 is 9.47 Å². The van der Waals surface area contributed by atoms with Gasteiger partial charge in [0.15, 0.2) is 0 Å². The zero-order valence-corrected chi connectivity index (χ0v) is 15.8. The fourth-order valence-electron chi connectivity index (χ4n) is 1.25. The standard InChI is InChI=1S/C14H21FO2.C3H8.C2H6/c1-5-14(3,4)10-17-13-8-11(15)7-12(9-13)16-6-2;1-3-2;1-2/h7-9H,5-6,10H2,1-4H3;3H2,1-2H3;1-2H3. The second-order valence-electron chi connectivity index (χ2n) is 5.57. The van der Waals surface area contributed by atoms with Gasteiger partial charge in [-0.25, -0.2) is 4.39 Å². The Hall–Kier alpha value is -1.25. The van der Waals surface area contributed by atoms with E-state index in [9.17, 15) is 4.39 Å². The Kier molecular flexibility index (Phi) is 14.0. The van der Waals surface area contributed by atoms with Crippen molar-refractivity contribution in [3.05, 3.63) is 24.0 Å². The van der Waals surface area contributed by atoms with Gasteiger partial charge in [0.05, 0.1) is 13.2 Å². The molecule has 0 aliphatic heterocycles. The molecular formula is C19H35FO2. The predicted octanol–water partition coefficient (Wildman–Crippen LogP) is 6.48. The van der Waals surface area contributed by atoms with Crippen LogP contribution in [0.25, 0.3) is 0 Å². The van der Waals surface area contributed by atoms with Gasteiger partial charge in [-0.15, -0.1) is 0 Å². The van der Waals surface area contributed by atoms with Crippen LogP contribution < -0.4 is 9.47 Å².